The fourth-order valence-electron chi connectivity index (χ4n) is 2.50. The first-order valence-electron chi connectivity index (χ1n) is 8.73. The first-order valence-corrected chi connectivity index (χ1v) is 9.61. The van der Waals surface area contributed by atoms with Crippen molar-refractivity contribution in [2.24, 2.45) is 4.99 Å². The second-order valence-corrected chi connectivity index (χ2v) is 7.23. The van der Waals surface area contributed by atoms with Crippen LogP contribution in [-0.2, 0) is 6.54 Å². The first kappa shape index (κ1) is 19.6. The van der Waals surface area contributed by atoms with E-state index in [2.05, 4.69) is 10.3 Å². The molecule has 2 heterocycles. The fourth-order valence-corrected chi connectivity index (χ4v) is 3.23. The summed E-state index contributed by atoms with van der Waals surface area (Å²) in [5, 5.41) is 4.63. The molecule has 3 rings (SSSR count). The molecule has 0 aliphatic carbocycles. The molecule has 2 amide bonds. The average Bonchev–Trinajstić information content (AvgIpc) is 3.31. The Hall–Kier alpha value is -3.13. The molecule has 0 saturated heterocycles. The quantitative estimate of drug-likeness (QED) is 0.690. The van der Waals surface area contributed by atoms with E-state index in [1.807, 2.05) is 25.4 Å². The summed E-state index contributed by atoms with van der Waals surface area (Å²) in [5.74, 6) is 0.845. The summed E-state index contributed by atoms with van der Waals surface area (Å²) in [6.07, 6.45) is 1.82. The Balaban J connectivity index is 1.78. The smallest absolute Gasteiger partial charge is 0.287 e. The highest BCUT2D eigenvalue weighted by molar-refractivity contribution is 7.07. The lowest BCUT2D eigenvalue weighted by Crippen LogP contribution is -2.29. The highest BCUT2D eigenvalue weighted by atomic mass is 32.1. The van der Waals surface area contributed by atoms with E-state index in [0.29, 0.717) is 28.4 Å². The number of ether oxygens (including phenoxy) is 1. The molecule has 0 bridgehead atoms. The lowest BCUT2D eigenvalue weighted by atomic mass is 10.2. The van der Waals surface area contributed by atoms with Crippen LogP contribution in [0.2, 0.25) is 0 Å². The number of rotatable bonds is 6. The van der Waals surface area contributed by atoms with Crippen molar-refractivity contribution >= 4 is 23.2 Å². The zero-order valence-corrected chi connectivity index (χ0v) is 16.7. The number of benzene rings is 1. The molecular formula is C20H21N3O4S. The summed E-state index contributed by atoms with van der Waals surface area (Å²) in [4.78, 5) is 29.2. The molecule has 2 aromatic heterocycles. The van der Waals surface area contributed by atoms with E-state index < -0.39 is 0 Å². The zero-order valence-electron chi connectivity index (χ0n) is 15.8. The Bertz CT molecular complexity index is 1050. The molecule has 0 aliphatic heterocycles. The van der Waals surface area contributed by atoms with Crippen LogP contribution in [0.25, 0.3) is 0 Å². The third kappa shape index (κ3) is 4.77. The maximum absolute atomic E-state index is 12.5. The molecule has 0 radical (unpaired) electrons. The largest absolute Gasteiger partial charge is 0.497 e. The van der Waals surface area contributed by atoms with E-state index in [-0.39, 0.29) is 23.6 Å². The zero-order chi connectivity index (χ0) is 20.1. The lowest BCUT2D eigenvalue weighted by molar-refractivity contribution is 0.0912. The van der Waals surface area contributed by atoms with E-state index in [9.17, 15) is 9.59 Å². The minimum absolute atomic E-state index is 0.0281. The molecular weight excluding hydrogens is 378 g/mol. The lowest BCUT2D eigenvalue weighted by Gasteiger charge is -2.05. The van der Waals surface area contributed by atoms with Crippen LogP contribution in [0.1, 0.15) is 40.5 Å². The third-order valence-corrected chi connectivity index (χ3v) is 4.60. The van der Waals surface area contributed by atoms with Crippen LogP contribution < -0.4 is 14.9 Å². The van der Waals surface area contributed by atoms with Crippen LogP contribution in [0.3, 0.4) is 0 Å². The summed E-state index contributed by atoms with van der Waals surface area (Å²) >= 11 is 1.35. The Morgan fingerprint density at radius 1 is 1.29 bits per heavy atom. The number of methoxy groups -OCH3 is 1. The first-order chi connectivity index (χ1) is 13.5. The molecule has 1 aromatic carbocycles. The van der Waals surface area contributed by atoms with Crippen molar-refractivity contribution in [2.75, 3.05) is 7.11 Å². The summed E-state index contributed by atoms with van der Waals surface area (Å²) in [7, 11) is 1.55. The van der Waals surface area contributed by atoms with E-state index >= 15 is 0 Å². The van der Waals surface area contributed by atoms with Gasteiger partial charge in [-0.3, -0.25) is 9.59 Å². The summed E-state index contributed by atoms with van der Waals surface area (Å²) in [6, 6.07) is 10.3. The van der Waals surface area contributed by atoms with Gasteiger partial charge in [0.2, 0.25) is 0 Å². The molecule has 8 heteroatoms. The monoisotopic (exact) mass is 399 g/mol. The van der Waals surface area contributed by atoms with Gasteiger partial charge in [-0.15, -0.1) is 11.3 Å². The molecule has 28 heavy (non-hydrogen) atoms. The van der Waals surface area contributed by atoms with Crippen molar-refractivity contribution < 1.29 is 18.7 Å². The second-order valence-electron chi connectivity index (χ2n) is 6.36. The predicted octanol–water partition coefficient (Wildman–Crippen LogP) is 3.08. The van der Waals surface area contributed by atoms with Gasteiger partial charge in [0.15, 0.2) is 10.6 Å². The summed E-state index contributed by atoms with van der Waals surface area (Å²) < 4.78 is 12.6. The van der Waals surface area contributed by atoms with Crippen LogP contribution in [0.4, 0.5) is 0 Å². The Morgan fingerprint density at radius 3 is 2.86 bits per heavy atom. The number of hydrogen-bond donors (Lipinski definition) is 1. The molecule has 146 valence electrons. The van der Waals surface area contributed by atoms with E-state index in [0.717, 1.165) is 0 Å². The van der Waals surface area contributed by atoms with Gasteiger partial charge in [-0.05, 0) is 44.2 Å². The van der Waals surface area contributed by atoms with Crippen LogP contribution in [0.15, 0.2) is 57.4 Å². The van der Waals surface area contributed by atoms with Crippen LogP contribution in [0.5, 0.6) is 5.75 Å². The number of hydrogen-bond acceptors (Lipinski definition) is 5. The van der Waals surface area contributed by atoms with Gasteiger partial charge in [0, 0.05) is 23.2 Å². The van der Waals surface area contributed by atoms with Gasteiger partial charge in [-0.25, -0.2) is 0 Å². The molecule has 0 saturated carbocycles. The number of thiazole rings is 1. The SMILES string of the molecule is COc1cccc(C(=O)N=c2sccn2Cc2ccc(C(=O)NC(C)C)o2)c1. The van der Waals surface area contributed by atoms with Crippen molar-refractivity contribution in [3.63, 3.8) is 0 Å². The highest BCUT2D eigenvalue weighted by Gasteiger charge is 2.13. The molecule has 0 atom stereocenters. The standard InChI is InChI=1S/C20H21N3O4S/c1-13(2)21-19(25)17-8-7-16(27-17)12-23-9-10-28-20(23)22-18(24)14-5-4-6-15(11-14)26-3/h4-11,13H,12H2,1-3H3,(H,21,25). The second kappa shape index (κ2) is 8.71. The molecule has 1 N–H and O–H groups in total. The van der Waals surface area contributed by atoms with Gasteiger partial charge in [-0.1, -0.05) is 6.07 Å². The molecule has 0 unspecified atom stereocenters. The van der Waals surface area contributed by atoms with Crippen LogP contribution in [-0.4, -0.2) is 29.5 Å². The highest BCUT2D eigenvalue weighted by Crippen LogP contribution is 2.13. The number of aromatic nitrogens is 1. The molecule has 0 spiro atoms. The number of nitrogens with one attached hydrogen (secondary N) is 1. The maximum atomic E-state index is 12.5. The maximum Gasteiger partial charge on any atom is 0.287 e. The normalized spacial score (nSPS) is 11.6. The van der Waals surface area contributed by atoms with Gasteiger partial charge >= 0.3 is 0 Å². The number of carbonyl (C=O) groups excluding carboxylic acids is 2. The molecule has 0 aliphatic rings. The van der Waals surface area contributed by atoms with Crippen molar-refractivity contribution in [3.8, 4) is 5.75 Å². The third-order valence-electron chi connectivity index (χ3n) is 3.81. The number of carbonyl (C=O) groups is 2. The Kier molecular flexibility index (Phi) is 6.10. The van der Waals surface area contributed by atoms with Gasteiger partial charge in [0.05, 0.1) is 13.7 Å². The molecule has 0 fully saturated rings. The van der Waals surface area contributed by atoms with Gasteiger partial charge in [0.1, 0.15) is 11.5 Å². The Morgan fingerprint density at radius 2 is 2.11 bits per heavy atom. The van der Waals surface area contributed by atoms with Gasteiger partial charge in [-0.2, -0.15) is 4.99 Å². The van der Waals surface area contributed by atoms with Crippen molar-refractivity contribution in [2.45, 2.75) is 26.4 Å². The van der Waals surface area contributed by atoms with Crippen LogP contribution in [0, 0.1) is 0 Å². The predicted molar refractivity (Wildman–Crippen MR) is 106 cm³/mol. The van der Waals surface area contributed by atoms with Gasteiger partial charge < -0.3 is 19.0 Å². The van der Waals surface area contributed by atoms with Crippen molar-refractivity contribution in [3.05, 3.63) is 69.9 Å². The van der Waals surface area contributed by atoms with Gasteiger partial charge in [0.25, 0.3) is 11.8 Å². The number of amides is 2. The van der Waals surface area contributed by atoms with E-state index in [1.54, 1.807) is 48.1 Å². The van der Waals surface area contributed by atoms with Crippen LogP contribution >= 0.6 is 11.3 Å². The number of nitrogens with zero attached hydrogens (tertiary/aromatic N) is 2. The minimum Gasteiger partial charge on any atom is -0.497 e. The summed E-state index contributed by atoms with van der Waals surface area (Å²) in [5.41, 5.74) is 0.449. The summed E-state index contributed by atoms with van der Waals surface area (Å²) in [6.45, 7) is 4.13. The Labute approximate surface area is 166 Å². The fraction of sp³-hybridized carbons (Fsp3) is 0.250. The topological polar surface area (TPSA) is 85.8 Å². The number of furan rings is 1. The minimum atomic E-state index is -0.355. The molecule has 7 nitrogen and oxygen atoms in total. The van der Waals surface area contributed by atoms with E-state index in [1.165, 1.54) is 11.3 Å². The average molecular weight is 399 g/mol. The van der Waals surface area contributed by atoms with Crippen molar-refractivity contribution in [1.29, 1.82) is 0 Å². The van der Waals surface area contributed by atoms with Crippen molar-refractivity contribution in [1.82, 2.24) is 9.88 Å². The molecule has 3 aromatic rings. The van der Waals surface area contributed by atoms with E-state index in [4.69, 9.17) is 9.15 Å².